The Morgan fingerprint density at radius 3 is 2.85 bits per heavy atom. The quantitative estimate of drug-likeness (QED) is 0.626. The lowest BCUT2D eigenvalue weighted by atomic mass is 10.2. The fourth-order valence-electron chi connectivity index (χ4n) is 1.57. The molecule has 2 aromatic rings. The number of aliphatic carboxylic acids is 1. The van der Waals surface area contributed by atoms with Crippen molar-refractivity contribution in [3.63, 3.8) is 0 Å². The number of oxazole rings is 1. The van der Waals surface area contributed by atoms with Crippen LogP contribution in [0.1, 0.15) is 30.3 Å². The minimum Gasteiger partial charge on any atom is -0.481 e. The average molecular weight is 276 g/mol. The van der Waals surface area contributed by atoms with Crippen LogP contribution in [0.2, 0.25) is 0 Å². The molecule has 1 N–H and O–H groups in total. The van der Waals surface area contributed by atoms with E-state index in [1.165, 1.54) is 17.1 Å². The second kappa shape index (κ2) is 6.05. The summed E-state index contributed by atoms with van der Waals surface area (Å²) in [7, 11) is 0. The number of hydrogen-bond donors (Lipinski definition) is 1. The Morgan fingerprint density at radius 2 is 2.25 bits per heavy atom. The van der Waals surface area contributed by atoms with E-state index < -0.39 is 5.97 Å². The molecule has 2 aromatic heterocycles. The number of nitrogens with zero attached hydrogens (tertiary/aromatic N) is 3. The number of ketones is 1. The molecule has 0 saturated carbocycles. The Hall–Kier alpha value is -2.57. The van der Waals surface area contributed by atoms with Gasteiger partial charge in [0.1, 0.15) is 24.6 Å². The molecule has 2 rings (SSSR count). The van der Waals surface area contributed by atoms with E-state index in [2.05, 4.69) is 10.1 Å². The molecule has 104 valence electrons. The van der Waals surface area contributed by atoms with Crippen LogP contribution in [0.5, 0.6) is 0 Å². The zero-order valence-corrected chi connectivity index (χ0v) is 10.9. The number of carbonyl (C=O) groups excluding carboxylic acids is 1. The first-order chi connectivity index (χ1) is 9.60. The zero-order valence-electron chi connectivity index (χ0n) is 10.9. The van der Waals surface area contributed by atoms with Crippen molar-refractivity contribution < 1.29 is 23.8 Å². The number of Topliss-reactive ketones (excluding diaryl/α,β-unsaturated/α-hetero) is 1. The first-order valence-corrected chi connectivity index (χ1v) is 6.17. The van der Waals surface area contributed by atoms with Crippen molar-refractivity contribution in [3.8, 4) is 11.5 Å². The molecule has 2 heterocycles. The predicted molar refractivity (Wildman–Crippen MR) is 66.8 cm³/mol. The summed E-state index contributed by atoms with van der Waals surface area (Å²) in [6.07, 6.45) is 4.86. The Kier molecular flexibility index (Phi) is 4.19. The summed E-state index contributed by atoms with van der Waals surface area (Å²) in [5.74, 6) is -0.640. The van der Waals surface area contributed by atoms with Gasteiger partial charge >= 0.3 is 5.97 Å². The highest BCUT2D eigenvalue weighted by Gasteiger charge is 2.14. The molecule has 0 aliphatic carbocycles. The lowest BCUT2D eigenvalue weighted by molar-refractivity contribution is -0.752. The van der Waals surface area contributed by atoms with Gasteiger partial charge < -0.3 is 9.52 Å². The van der Waals surface area contributed by atoms with Gasteiger partial charge in [0.05, 0.1) is 5.56 Å². The minimum atomic E-state index is -0.876. The molecule has 0 spiro atoms. The van der Waals surface area contributed by atoms with Crippen LogP contribution in [0.25, 0.3) is 11.5 Å². The van der Waals surface area contributed by atoms with E-state index in [0.717, 1.165) is 0 Å². The lowest BCUT2D eigenvalue weighted by Gasteiger charge is -1.94. The number of hydrogen-bond acceptors (Lipinski definition) is 5. The van der Waals surface area contributed by atoms with Gasteiger partial charge in [0.15, 0.2) is 18.5 Å². The van der Waals surface area contributed by atoms with Crippen molar-refractivity contribution in [2.75, 3.05) is 0 Å². The van der Waals surface area contributed by atoms with Crippen LogP contribution < -0.4 is 4.68 Å². The molecular formula is C13H14N3O4+. The number of aryl methyl sites for hydroxylation is 1. The molecule has 20 heavy (non-hydrogen) atoms. The maximum Gasteiger partial charge on any atom is 0.309 e. The Labute approximate surface area is 114 Å². The van der Waals surface area contributed by atoms with Gasteiger partial charge in [-0.05, 0) is 5.10 Å². The molecule has 7 nitrogen and oxygen atoms in total. The van der Waals surface area contributed by atoms with E-state index in [-0.39, 0.29) is 12.2 Å². The molecule has 0 fully saturated rings. The maximum atomic E-state index is 11.5. The molecule has 0 bridgehead atoms. The van der Waals surface area contributed by atoms with Gasteiger partial charge in [-0.2, -0.15) is 0 Å². The molecular weight excluding hydrogens is 262 g/mol. The number of aromatic nitrogens is 3. The van der Waals surface area contributed by atoms with Crippen molar-refractivity contribution in [1.29, 1.82) is 0 Å². The minimum absolute atomic E-state index is 0.00512. The number of carbonyl (C=O) groups is 2. The standard InChI is InChI=1S/C13H13N3O4/c1-2-11(17)10-8-20-13(15-10)9-3-5-16(14-7-9)6-4-12(18)19/h3,5,7-8H,2,4,6H2,1H3/p+1. The molecule has 0 amide bonds. The van der Waals surface area contributed by atoms with Crippen molar-refractivity contribution in [2.45, 2.75) is 26.3 Å². The highest BCUT2D eigenvalue weighted by molar-refractivity contribution is 5.94. The van der Waals surface area contributed by atoms with Gasteiger partial charge in [0.25, 0.3) is 0 Å². The summed E-state index contributed by atoms with van der Waals surface area (Å²) in [6, 6.07) is 1.71. The van der Waals surface area contributed by atoms with E-state index in [1.807, 2.05) is 0 Å². The highest BCUT2D eigenvalue weighted by Crippen LogP contribution is 2.16. The van der Waals surface area contributed by atoms with E-state index in [0.29, 0.717) is 30.1 Å². The molecule has 0 saturated heterocycles. The van der Waals surface area contributed by atoms with Crippen LogP contribution in [0.4, 0.5) is 0 Å². The maximum absolute atomic E-state index is 11.5. The Bertz CT molecular complexity index is 619. The van der Waals surface area contributed by atoms with Crippen LogP contribution in [0, 0.1) is 0 Å². The average Bonchev–Trinajstić information content (AvgIpc) is 2.94. The monoisotopic (exact) mass is 276 g/mol. The van der Waals surface area contributed by atoms with Crippen molar-refractivity contribution >= 4 is 11.8 Å². The highest BCUT2D eigenvalue weighted by atomic mass is 16.4. The van der Waals surface area contributed by atoms with Gasteiger partial charge in [0, 0.05) is 12.5 Å². The van der Waals surface area contributed by atoms with Gasteiger partial charge in [-0.3, -0.25) is 9.59 Å². The van der Waals surface area contributed by atoms with E-state index in [9.17, 15) is 9.59 Å². The molecule has 0 aliphatic rings. The first kappa shape index (κ1) is 13.9. The topological polar surface area (TPSA) is 97.2 Å². The Balaban J connectivity index is 2.11. The van der Waals surface area contributed by atoms with Crippen LogP contribution >= 0.6 is 0 Å². The number of carboxylic acids is 1. The third kappa shape index (κ3) is 3.25. The molecule has 0 aromatic carbocycles. The van der Waals surface area contributed by atoms with Gasteiger partial charge in [-0.15, -0.1) is 0 Å². The third-order valence-corrected chi connectivity index (χ3v) is 2.68. The summed E-state index contributed by atoms with van der Waals surface area (Å²) in [5.41, 5.74) is 0.928. The van der Waals surface area contributed by atoms with E-state index >= 15 is 0 Å². The molecule has 0 radical (unpaired) electrons. The second-order valence-corrected chi connectivity index (χ2v) is 4.14. The van der Waals surface area contributed by atoms with Gasteiger partial charge in [-0.25, -0.2) is 4.98 Å². The first-order valence-electron chi connectivity index (χ1n) is 6.17. The summed E-state index contributed by atoms with van der Waals surface area (Å²) < 4.78 is 6.75. The van der Waals surface area contributed by atoms with E-state index in [1.54, 1.807) is 19.2 Å². The number of rotatable bonds is 6. The van der Waals surface area contributed by atoms with Gasteiger partial charge in [0.2, 0.25) is 5.89 Å². The summed E-state index contributed by atoms with van der Waals surface area (Å²) in [4.78, 5) is 26.0. The summed E-state index contributed by atoms with van der Waals surface area (Å²) in [5, 5.41) is 12.7. The summed E-state index contributed by atoms with van der Waals surface area (Å²) >= 11 is 0. The number of carboxylic acid groups (broad SMARTS) is 1. The fourth-order valence-corrected chi connectivity index (χ4v) is 1.57. The van der Waals surface area contributed by atoms with Crippen LogP contribution in [-0.4, -0.2) is 26.9 Å². The molecule has 0 atom stereocenters. The SMILES string of the molecule is CCC(=O)c1coc(-c2cc[n+](CCC(=O)O)nc2)n1. The fraction of sp³-hybridized carbons (Fsp3) is 0.308. The van der Waals surface area contributed by atoms with Gasteiger partial charge in [-0.1, -0.05) is 11.6 Å². The van der Waals surface area contributed by atoms with Crippen LogP contribution in [0.15, 0.2) is 29.1 Å². The van der Waals surface area contributed by atoms with Crippen LogP contribution in [0.3, 0.4) is 0 Å². The summed E-state index contributed by atoms with van der Waals surface area (Å²) in [6.45, 7) is 2.05. The largest absolute Gasteiger partial charge is 0.481 e. The van der Waals surface area contributed by atoms with Crippen molar-refractivity contribution in [2.24, 2.45) is 0 Å². The normalized spacial score (nSPS) is 10.4. The van der Waals surface area contributed by atoms with Crippen molar-refractivity contribution in [1.82, 2.24) is 10.1 Å². The Morgan fingerprint density at radius 1 is 1.45 bits per heavy atom. The van der Waals surface area contributed by atoms with Crippen molar-refractivity contribution in [3.05, 3.63) is 30.4 Å². The third-order valence-electron chi connectivity index (χ3n) is 2.68. The second-order valence-electron chi connectivity index (χ2n) is 4.14. The molecule has 0 aliphatic heterocycles. The van der Waals surface area contributed by atoms with Crippen LogP contribution in [-0.2, 0) is 11.3 Å². The molecule has 7 heteroatoms. The van der Waals surface area contributed by atoms with E-state index in [4.69, 9.17) is 9.52 Å². The smallest absolute Gasteiger partial charge is 0.309 e. The lowest BCUT2D eigenvalue weighted by Crippen LogP contribution is -2.38. The predicted octanol–water partition coefficient (Wildman–Crippen LogP) is 1.09. The zero-order chi connectivity index (χ0) is 14.5. The molecule has 0 unspecified atom stereocenters.